The van der Waals surface area contributed by atoms with Gasteiger partial charge in [-0.2, -0.15) is 0 Å². The van der Waals surface area contributed by atoms with Gasteiger partial charge in [-0.3, -0.25) is 9.69 Å². The minimum absolute atomic E-state index is 0.00257. The molecular weight excluding hydrogens is 254 g/mol. The molecule has 1 aliphatic rings. The number of carbonyl (C=O) groups is 1. The first-order valence-electron chi connectivity index (χ1n) is 6.98. The van der Waals surface area contributed by atoms with Crippen molar-refractivity contribution < 1.29 is 9.90 Å². The Morgan fingerprint density at radius 3 is 2.95 bits per heavy atom. The highest BCUT2D eigenvalue weighted by Crippen LogP contribution is 2.11. The number of carbonyl (C=O) groups excluding carboxylic acids is 1. The van der Waals surface area contributed by atoms with Gasteiger partial charge in [-0.15, -0.1) is 0 Å². The van der Waals surface area contributed by atoms with E-state index in [1.165, 1.54) is 0 Å². The molecule has 0 aliphatic carbocycles. The number of likely N-dealkylation sites (N-methyl/N-ethyl adjacent to an activating group) is 2. The molecule has 2 N–H and O–H groups in total. The van der Waals surface area contributed by atoms with Crippen molar-refractivity contribution in [1.82, 2.24) is 15.1 Å². The molecule has 1 amide bonds. The molecule has 1 atom stereocenters. The minimum atomic E-state index is -0.00257. The van der Waals surface area contributed by atoms with Crippen LogP contribution in [0.5, 0.6) is 5.75 Å². The molecule has 1 saturated heterocycles. The van der Waals surface area contributed by atoms with Crippen LogP contribution in [0.4, 0.5) is 0 Å². The standard InChI is InChI=1S/C15H23N3O2/c1-17-6-7-18(2)13(11-17)10-16-15(20)9-12-4-3-5-14(19)8-12/h3-5,8,13,19H,6-7,9-11H2,1-2H3,(H,16,20). The van der Waals surface area contributed by atoms with Crippen molar-refractivity contribution in [3.63, 3.8) is 0 Å². The lowest BCUT2D eigenvalue weighted by Crippen LogP contribution is -2.54. The summed E-state index contributed by atoms with van der Waals surface area (Å²) in [5.41, 5.74) is 0.830. The van der Waals surface area contributed by atoms with Crippen LogP contribution in [0.15, 0.2) is 24.3 Å². The highest BCUT2D eigenvalue weighted by Gasteiger charge is 2.22. The molecule has 1 aromatic rings. The quantitative estimate of drug-likeness (QED) is 0.831. The number of hydrogen-bond acceptors (Lipinski definition) is 4. The van der Waals surface area contributed by atoms with Gasteiger partial charge >= 0.3 is 0 Å². The second-order valence-corrected chi connectivity index (χ2v) is 5.55. The predicted molar refractivity (Wildman–Crippen MR) is 78.7 cm³/mol. The molecule has 0 aromatic heterocycles. The van der Waals surface area contributed by atoms with E-state index in [-0.39, 0.29) is 11.7 Å². The Kier molecular flexibility index (Phi) is 4.98. The summed E-state index contributed by atoms with van der Waals surface area (Å²) in [5.74, 6) is 0.196. The van der Waals surface area contributed by atoms with Crippen molar-refractivity contribution in [2.75, 3.05) is 40.3 Å². The lowest BCUT2D eigenvalue weighted by molar-refractivity contribution is -0.120. The number of hydrogen-bond donors (Lipinski definition) is 2. The Labute approximate surface area is 120 Å². The number of amides is 1. The highest BCUT2D eigenvalue weighted by atomic mass is 16.3. The van der Waals surface area contributed by atoms with Crippen molar-refractivity contribution in [1.29, 1.82) is 0 Å². The molecule has 0 bridgehead atoms. The molecule has 0 radical (unpaired) electrons. The van der Waals surface area contributed by atoms with E-state index in [2.05, 4.69) is 29.2 Å². The summed E-state index contributed by atoms with van der Waals surface area (Å²) in [4.78, 5) is 16.5. The average molecular weight is 277 g/mol. The van der Waals surface area contributed by atoms with E-state index in [1.54, 1.807) is 18.2 Å². The Hall–Kier alpha value is -1.59. The van der Waals surface area contributed by atoms with Crippen LogP contribution in [0.25, 0.3) is 0 Å². The first-order chi connectivity index (χ1) is 9.54. The number of phenols is 1. The topological polar surface area (TPSA) is 55.8 Å². The van der Waals surface area contributed by atoms with Crippen LogP contribution in [-0.4, -0.2) is 67.1 Å². The SMILES string of the molecule is CN1CCN(C)C(CNC(=O)Cc2cccc(O)c2)C1. The van der Waals surface area contributed by atoms with Gasteiger partial charge in [0.15, 0.2) is 0 Å². The van der Waals surface area contributed by atoms with Gasteiger partial charge in [0.1, 0.15) is 5.75 Å². The van der Waals surface area contributed by atoms with E-state index in [0.717, 1.165) is 25.2 Å². The maximum Gasteiger partial charge on any atom is 0.224 e. The highest BCUT2D eigenvalue weighted by molar-refractivity contribution is 5.78. The lowest BCUT2D eigenvalue weighted by atomic mass is 10.1. The van der Waals surface area contributed by atoms with E-state index in [1.807, 2.05) is 6.07 Å². The molecule has 1 aromatic carbocycles. The monoisotopic (exact) mass is 277 g/mol. The molecule has 0 spiro atoms. The zero-order valence-electron chi connectivity index (χ0n) is 12.2. The normalized spacial score (nSPS) is 20.8. The molecule has 1 aliphatic heterocycles. The van der Waals surface area contributed by atoms with Crippen LogP contribution in [-0.2, 0) is 11.2 Å². The molecule has 1 unspecified atom stereocenters. The fraction of sp³-hybridized carbons (Fsp3) is 0.533. The van der Waals surface area contributed by atoms with Gasteiger partial charge in [0.25, 0.3) is 0 Å². The Bertz CT molecular complexity index is 464. The molecule has 1 fully saturated rings. The summed E-state index contributed by atoms with van der Waals surface area (Å²) < 4.78 is 0. The number of rotatable bonds is 4. The maximum atomic E-state index is 11.9. The van der Waals surface area contributed by atoms with Crippen LogP contribution in [0.3, 0.4) is 0 Å². The number of piperazine rings is 1. The molecular formula is C15H23N3O2. The molecule has 5 heteroatoms. The molecule has 1 heterocycles. The van der Waals surface area contributed by atoms with Gasteiger partial charge in [0.05, 0.1) is 6.42 Å². The minimum Gasteiger partial charge on any atom is -0.508 e. The average Bonchev–Trinajstić information content (AvgIpc) is 2.40. The summed E-state index contributed by atoms with van der Waals surface area (Å²) in [7, 11) is 4.20. The van der Waals surface area contributed by atoms with Gasteiger partial charge in [0, 0.05) is 32.2 Å². The molecule has 20 heavy (non-hydrogen) atoms. The Morgan fingerprint density at radius 1 is 1.40 bits per heavy atom. The number of aromatic hydroxyl groups is 1. The Balaban J connectivity index is 1.80. The van der Waals surface area contributed by atoms with Crippen molar-refractivity contribution in [2.45, 2.75) is 12.5 Å². The zero-order chi connectivity index (χ0) is 14.5. The fourth-order valence-electron chi connectivity index (χ4n) is 2.47. The molecule has 0 saturated carbocycles. The lowest BCUT2D eigenvalue weighted by Gasteiger charge is -2.37. The van der Waals surface area contributed by atoms with Crippen LogP contribution < -0.4 is 5.32 Å². The number of phenolic OH excluding ortho intramolecular Hbond substituents is 1. The summed E-state index contributed by atoms with van der Waals surface area (Å²) in [6.07, 6.45) is 0.306. The molecule has 2 rings (SSSR count). The maximum absolute atomic E-state index is 11.9. The molecule has 5 nitrogen and oxygen atoms in total. The fourth-order valence-corrected chi connectivity index (χ4v) is 2.47. The second-order valence-electron chi connectivity index (χ2n) is 5.55. The van der Waals surface area contributed by atoms with Gasteiger partial charge in [-0.1, -0.05) is 12.1 Å². The largest absolute Gasteiger partial charge is 0.508 e. The summed E-state index contributed by atoms with van der Waals surface area (Å²) in [6.45, 7) is 3.75. The van der Waals surface area contributed by atoms with E-state index in [0.29, 0.717) is 19.0 Å². The van der Waals surface area contributed by atoms with Crippen LogP contribution in [0.1, 0.15) is 5.56 Å². The van der Waals surface area contributed by atoms with Crippen molar-refractivity contribution in [3.8, 4) is 5.75 Å². The van der Waals surface area contributed by atoms with E-state index in [4.69, 9.17) is 0 Å². The third-order valence-electron chi connectivity index (χ3n) is 3.79. The third-order valence-corrected chi connectivity index (χ3v) is 3.79. The number of nitrogens with one attached hydrogen (secondary N) is 1. The van der Waals surface area contributed by atoms with Crippen LogP contribution >= 0.6 is 0 Å². The second kappa shape index (κ2) is 6.72. The van der Waals surface area contributed by atoms with Crippen molar-refractivity contribution >= 4 is 5.91 Å². The number of nitrogens with zero attached hydrogens (tertiary/aromatic N) is 2. The summed E-state index contributed by atoms with van der Waals surface area (Å²) in [5, 5.41) is 12.4. The third kappa shape index (κ3) is 4.21. The Morgan fingerprint density at radius 2 is 2.20 bits per heavy atom. The van der Waals surface area contributed by atoms with Gasteiger partial charge in [0.2, 0.25) is 5.91 Å². The van der Waals surface area contributed by atoms with Crippen molar-refractivity contribution in [2.24, 2.45) is 0 Å². The first kappa shape index (κ1) is 14.8. The number of benzene rings is 1. The first-order valence-corrected chi connectivity index (χ1v) is 6.98. The van der Waals surface area contributed by atoms with E-state index < -0.39 is 0 Å². The van der Waals surface area contributed by atoms with Crippen LogP contribution in [0.2, 0.25) is 0 Å². The van der Waals surface area contributed by atoms with Gasteiger partial charge < -0.3 is 15.3 Å². The zero-order valence-corrected chi connectivity index (χ0v) is 12.2. The van der Waals surface area contributed by atoms with Gasteiger partial charge in [-0.05, 0) is 31.8 Å². The van der Waals surface area contributed by atoms with Gasteiger partial charge in [-0.25, -0.2) is 0 Å². The summed E-state index contributed by atoms with van der Waals surface area (Å²) in [6, 6.07) is 7.19. The predicted octanol–water partition coefficient (Wildman–Crippen LogP) is 0.297. The van der Waals surface area contributed by atoms with E-state index in [9.17, 15) is 9.90 Å². The van der Waals surface area contributed by atoms with Crippen molar-refractivity contribution in [3.05, 3.63) is 29.8 Å². The smallest absolute Gasteiger partial charge is 0.224 e. The van der Waals surface area contributed by atoms with E-state index >= 15 is 0 Å². The molecule has 110 valence electrons. The van der Waals surface area contributed by atoms with Crippen LogP contribution in [0, 0.1) is 0 Å². The summed E-state index contributed by atoms with van der Waals surface area (Å²) >= 11 is 0.